The lowest BCUT2D eigenvalue weighted by atomic mass is 10.0. The van der Waals surface area contributed by atoms with E-state index in [-0.39, 0.29) is 12.1 Å². The minimum absolute atomic E-state index is 0.00582. The molecule has 0 aliphatic carbocycles. The maximum atomic E-state index is 12.1. The number of ether oxygens (including phenoxy) is 1. The van der Waals surface area contributed by atoms with Gasteiger partial charge in [-0.1, -0.05) is 27.2 Å². The second-order valence-corrected chi connectivity index (χ2v) is 9.20. The van der Waals surface area contributed by atoms with Crippen molar-refractivity contribution >= 4 is 12.1 Å². The van der Waals surface area contributed by atoms with Crippen molar-refractivity contribution in [2.45, 2.75) is 84.9 Å². The molecule has 1 rings (SSSR count). The van der Waals surface area contributed by atoms with E-state index in [4.69, 9.17) is 4.74 Å². The molecule has 0 spiro atoms. The van der Waals surface area contributed by atoms with Gasteiger partial charge in [-0.2, -0.15) is 0 Å². The Kier molecular flexibility index (Phi) is 10.6. The lowest BCUT2D eigenvalue weighted by Gasteiger charge is -2.34. The number of carbonyl (C=O) groups excluding carboxylic acids is 1. The molecule has 1 unspecified atom stereocenters. The number of nitrogens with one attached hydrogen (secondary N) is 3. The van der Waals surface area contributed by atoms with Gasteiger partial charge in [0.2, 0.25) is 0 Å². The van der Waals surface area contributed by atoms with Gasteiger partial charge in [-0.05, 0) is 46.0 Å². The van der Waals surface area contributed by atoms with Crippen molar-refractivity contribution in [3.63, 3.8) is 0 Å². The minimum Gasteiger partial charge on any atom is -0.444 e. The van der Waals surface area contributed by atoms with Crippen LogP contribution in [-0.2, 0) is 4.74 Å². The van der Waals surface area contributed by atoms with Crippen LogP contribution >= 0.6 is 0 Å². The highest BCUT2D eigenvalue weighted by Crippen LogP contribution is 2.12. The maximum Gasteiger partial charge on any atom is 0.407 e. The van der Waals surface area contributed by atoms with Gasteiger partial charge in [0.05, 0.1) is 0 Å². The minimum atomic E-state index is -0.490. The van der Waals surface area contributed by atoms with Gasteiger partial charge in [-0.25, -0.2) is 4.79 Å². The molecule has 1 amide bonds. The molecule has 28 heavy (non-hydrogen) atoms. The zero-order chi connectivity index (χ0) is 21.2. The third kappa shape index (κ3) is 10.7. The topological polar surface area (TPSA) is 78.0 Å². The molecule has 1 aliphatic rings. The number of aliphatic imine (C=N–C) groups is 1. The molecule has 1 atom stereocenters. The normalized spacial score (nSPS) is 18.1. The van der Waals surface area contributed by atoms with Crippen LogP contribution in [0.3, 0.4) is 0 Å². The quantitative estimate of drug-likeness (QED) is 0.434. The summed E-state index contributed by atoms with van der Waals surface area (Å²) >= 11 is 0. The van der Waals surface area contributed by atoms with E-state index >= 15 is 0 Å². The first-order valence-corrected chi connectivity index (χ1v) is 10.8. The maximum absolute atomic E-state index is 12.1. The summed E-state index contributed by atoms with van der Waals surface area (Å²) < 4.78 is 5.38. The molecule has 1 aliphatic heterocycles. The number of hydrogen-bond donors (Lipinski definition) is 3. The SMILES string of the molecule is CCCC(CNC(=NC)NC1CCN(CC(C)C)CC1)NC(=O)OC(C)(C)C. The first-order valence-electron chi connectivity index (χ1n) is 10.8. The predicted octanol–water partition coefficient (Wildman–Crippen LogP) is 2.97. The van der Waals surface area contributed by atoms with Gasteiger partial charge in [0, 0.05) is 45.3 Å². The van der Waals surface area contributed by atoms with Crippen molar-refractivity contribution in [3.8, 4) is 0 Å². The van der Waals surface area contributed by atoms with E-state index in [0.717, 1.165) is 44.7 Å². The van der Waals surface area contributed by atoms with Crippen molar-refractivity contribution in [1.29, 1.82) is 0 Å². The van der Waals surface area contributed by atoms with Crippen LogP contribution < -0.4 is 16.0 Å². The number of alkyl carbamates (subject to hydrolysis) is 1. The Morgan fingerprint density at radius 3 is 2.39 bits per heavy atom. The molecule has 7 heteroatoms. The van der Waals surface area contributed by atoms with Crippen LogP contribution in [0.2, 0.25) is 0 Å². The van der Waals surface area contributed by atoms with Crippen LogP contribution in [0.1, 0.15) is 67.2 Å². The van der Waals surface area contributed by atoms with E-state index in [1.165, 1.54) is 6.54 Å². The van der Waals surface area contributed by atoms with Gasteiger partial charge in [-0.3, -0.25) is 4.99 Å². The lowest BCUT2D eigenvalue weighted by Crippen LogP contribution is -2.52. The van der Waals surface area contributed by atoms with Crippen LogP contribution in [0.4, 0.5) is 4.79 Å². The van der Waals surface area contributed by atoms with Gasteiger partial charge in [0.15, 0.2) is 5.96 Å². The number of likely N-dealkylation sites (tertiary alicyclic amines) is 1. The highest BCUT2D eigenvalue weighted by molar-refractivity contribution is 5.80. The molecule has 0 bridgehead atoms. The molecule has 0 radical (unpaired) electrons. The smallest absolute Gasteiger partial charge is 0.407 e. The summed E-state index contributed by atoms with van der Waals surface area (Å²) in [4.78, 5) is 19.0. The largest absolute Gasteiger partial charge is 0.444 e. The summed E-state index contributed by atoms with van der Waals surface area (Å²) in [6.45, 7) is 16.3. The zero-order valence-corrected chi connectivity index (χ0v) is 19.1. The number of piperidine rings is 1. The molecular formula is C21H43N5O2. The molecule has 164 valence electrons. The van der Waals surface area contributed by atoms with Gasteiger partial charge in [-0.15, -0.1) is 0 Å². The molecule has 1 saturated heterocycles. The van der Waals surface area contributed by atoms with Gasteiger partial charge in [0.1, 0.15) is 5.60 Å². The second kappa shape index (κ2) is 12.1. The van der Waals surface area contributed by atoms with Crippen molar-refractivity contribution in [1.82, 2.24) is 20.9 Å². The lowest BCUT2D eigenvalue weighted by molar-refractivity contribution is 0.0502. The fraction of sp³-hybridized carbons (Fsp3) is 0.905. The first kappa shape index (κ1) is 24.5. The van der Waals surface area contributed by atoms with Crippen molar-refractivity contribution < 1.29 is 9.53 Å². The Morgan fingerprint density at radius 1 is 1.25 bits per heavy atom. The Bertz CT molecular complexity index is 480. The van der Waals surface area contributed by atoms with E-state index < -0.39 is 5.60 Å². The number of amides is 1. The average Bonchev–Trinajstić information content (AvgIpc) is 2.58. The van der Waals surface area contributed by atoms with Crippen molar-refractivity contribution in [2.75, 3.05) is 33.2 Å². The fourth-order valence-corrected chi connectivity index (χ4v) is 3.43. The zero-order valence-electron chi connectivity index (χ0n) is 19.1. The Labute approximate surface area is 172 Å². The van der Waals surface area contributed by atoms with Crippen LogP contribution in [0, 0.1) is 5.92 Å². The van der Waals surface area contributed by atoms with Crippen molar-refractivity contribution in [2.24, 2.45) is 10.9 Å². The van der Waals surface area contributed by atoms with Crippen LogP contribution in [0.5, 0.6) is 0 Å². The molecule has 7 nitrogen and oxygen atoms in total. The second-order valence-electron chi connectivity index (χ2n) is 9.20. The molecular weight excluding hydrogens is 354 g/mol. The monoisotopic (exact) mass is 397 g/mol. The molecule has 0 aromatic heterocycles. The van der Waals surface area contributed by atoms with Gasteiger partial charge >= 0.3 is 6.09 Å². The summed E-state index contributed by atoms with van der Waals surface area (Å²) in [5, 5.41) is 9.87. The molecule has 0 aromatic rings. The van der Waals surface area contributed by atoms with E-state index in [1.807, 2.05) is 20.8 Å². The third-order valence-electron chi connectivity index (χ3n) is 4.65. The molecule has 3 N–H and O–H groups in total. The van der Waals surface area contributed by atoms with Gasteiger partial charge < -0.3 is 25.6 Å². The number of nitrogens with zero attached hydrogens (tertiary/aromatic N) is 2. The van der Waals surface area contributed by atoms with E-state index in [9.17, 15) is 4.79 Å². The number of guanidine groups is 1. The molecule has 1 heterocycles. The Hall–Kier alpha value is -1.50. The summed E-state index contributed by atoms with van der Waals surface area (Å²) in [6, 6.07) is 0.448. The van der Waals surface area contributed by atoms with E-state index in [0.29, 0.717) is 18.5 Å². The summed E-state index contributed by atoms with van der Waals surface area (Å²) in [5.41, 5.74) is -0.490. The van der Waals surface area contributed by atoms with Gasteiger partial charge in [0.25, 0.3) is 0 Å². The third-order valence-corrected chi connectivity index (χ3v) is 4.65. The summed E-state index contributed by atoms with van der Waals surface area (Å²) in [7, 11) is 1.79. The number of rotatable bonds is 8. The highest BCUT2D eigenvalue weighted by Gasteiger charge is 2.22. The highest BCUT2D eigenvalue weighted by atomic mass is 16.6. The summed E-state index contributed by atoms with van der Waals surface area (Å²) in [5.74, 6) is 1.52. The van der Waals surface area contributed by atoms with E-state index in [1.54, 1.807) is 7.05 Å². The van der Waals surface area contributed by atoms with Crippen molar-refractivity contribution in [3.05, 3.63) is 0 Å². The summed E-state index contributed by atoms with van der Waals surface area (Å²) in [6.07, 6.45) is 3.76. The van der Waals surface area contributed by atoms with E-state index in [2.05, 4.69) is 46.6 Å². The number of carbonyl (C=O) groups is 1. The average molecular weight is 398 g/mol. The molecule has 0 aromatic carbocycles. The standard InChI is InChI=1S/C21H43N5O2/c1-8-9-18(25-20(27)28-21(4,5)6)14-23-19(22-7)24-17-10-12-26(13-11-17)15-16(2)3/h16-18H,8-15H2,1-7H3,(H,25,27)(H2,22,23,24). The van der Waals surface area contributed by atoms with Crippen LogP contribution in [0.25, 0.3) is 0 Å². The first-order chi connectivity index (χ1) is 13.1. The number of hydrogen-bond acceptors (Lipinski definition) is 4. The van der Waals surface area contributed by atoms with Crippen LogP contribution in [0.15, 0.2) is 4.99 Å². The van der Waals surface area contributed by atoms with Crippen LogP contribution in [-0.4, -0.2) is 67.9 Å². The molecule has 1 fully saturated rings. The predicted molar refractivity (Wildman–Crippen MR) is 117 cm³/mol. The Morgan fingerprint density at radius 2 is 1.89 bits per heavy atom. The molecule has 0 saturated carbocycles. The Balaban J connectivity index is 2.43. The fourth-order valence-electron chi connectivity index (χ4n) is 3.43.